The number of anilines is 1. The number of hydrogen-bond donors (Lipinski definition) is 2. The van der Waals surface area contributed by atoms with Gasteiger partial charge in [0.25, 0.3) is 0 Å². The molecule has 1 aromatic rings. The third-order valence-electron chi connectivity index (χ3n) is 3.12. The van der Waals surface area contributed by atoms with Crippen LogP contribution in [0.3, 0.4) is 0 Å². The minimum absolute atomic E-state index is 0.0812. The Hall–Kier alpha value is -2.24. The van der Waals surface area contributed by atoms with Crippen LogP contribution in [0.4, 0.5) is 5.69 Å². The van der Waals surface area contributed by atoms with Crippen molar-refractivity contribution in [2.45, 2.75) is 18.9 Å². The predicted octanol–water partition coefficient (Wildman–Crippen LogP) is 0.675. The number of ether oxygens (including phenoxy) is 2. The van der Waals surface area contributed by atoms with Crippen LogP contribution in [-0.4, -0.2) is 31.1 Å². The molecule has 0 aromatic heterocycles. The van der Waals surface area contributed by atoms with Gasteiger partial charge < -0.3 is 20.1 Å². The smallest absolute Gasteiger partial charge is 0.246 e. The molecule has 1 unspecified atom stereocenters. The van der Waals surface area contributed by atoms with Crippen LogP contribution in [0.15, 0.2) is 18.2 Å². The predicted molar refractivity (Wildman–Crippen MR) is 67.2 cm³/mol. The van der Waals surface area contributed by atoms with Gasteiger partial charge in [0.1, 0.15) is 19.3 Å². The maximum Gasteiger partial charge on any atom is 0.246 e. The van der Waals surface area contributed by atoms with E-state index in [1.54, 1.807) is 18.2 Å². The lowest BCUT2D eigenvalue weighted by molar-refractivity contribution is -0.122. The van der Waals surface area contributed by atoms with Crippen LogP contribution in [0.1, 0.15) is 12.8 Å². The highest BCUT2D eigenvalue weighted by molar-refractivity contribution is 5.99. The lowest BCUT2D eigenvalue weighted by Gasteiger charge is -2.19. The van der Waals surface area contributed by atoms with Gasteiger partial charge in [-0.05, 0) is 18.6 Å². The number of hydrogen-bond acceptors (Lipinski definition) is 4. The molecule has 0 aliphatic carbocycles. The summed E-state index contributed by atoms with van der Waals surface area (Å²) in [7, 11) is 0. The first-order chi connectivity index (χ1) is 9.22. The maximum atomic E-state index is 11.9. The van der Waals surface area contributed by atoms with Gasteiger partial charge in [0.05, 0.1) is 0 Å². The number of carbonyl (C=O) groups excluding carboxylic acids is 2. The lowest BCUT2D eigenvalue weighted by atomic mass is 10.2. The quantitative estimate of drug-likeness (QED) is 0.821. The molecule has 0 bridgehead atoms. The molecule has 1 fully saturated rings. The molecule has 0 saturated carbocycles. The van der Waals surface area contributed by atoms with E-state index in [9.17, 15) is 9.59 Å². The van der Waals surface area contributed by atoms with E-state index in [0.717, 1.165) is 0 Å². The van der Waals surface area contributed by atoms with Gasteiger partial charge in [0.15, 0.2) is 11.5 Å². The molecule has 2 N–H and O–H groups in total. The van der Waals surface area contributed by atoms with Crippen molar-refractivity contribution in [3.63, 3.8) is 0 Å². The highest BCUT2D eigenvalue weighted by atomic mass is 16.6. The largest absolute Gasteiger partial charge is 0.486 e. The van der Waals surface area contributed by atoms with Crippen molar-refractivity contribution in [2.75, 3.05) is 18.5 Å². The lowest BCUT2D eigenvalue weighted by Crippen LogP contribution is -2.37. The van der Waals surface area contributed by atoms with Crippen LogP contribution in [0, 0.1) is 0 Å². The summed E-state index contributed by atoms with van der Waals surface area (Å²) in [6, 6.07) is 4.79. The second-order valence-electron chi connectivity index (χ2n) is 4.51. The molecule has 6 heteroatoms. The van der Waals surface area contributed by atoms with E-state index in [1.807, 2.05) is 0 Å². The summed E-state index contributed by atoms with van der Waals surface area (Å²) < 4.78 is 10.8. The van der Waals surface area contributed by atoms with Crippen molar-refractivity contribution in [3.8, 4) is 11.5 Å². The van der Waals surface area contributed by atoms with Crippen molar-refractivity contribution < 1.29 is 19.1 Å². The van der Waals surface area contributed by atoms with Crippen molar-refractivity contribution in [1.29, 1.82) is 0 Å². The van der Waals surface area contributed by atoms with Crippen LogP contribution in [0.25, 0.3) is 0 Å². The SMILES string of the molecule is O=C1CCC(C(=O)Nc2ccc3c(c2)OCCO3)N1. The molecule has 1 atom stereocenters. The minimum atomic E-state index is -0.444. The average molecular weight is 262 g/mol. The van der Waals surface area contributed by atoms with E-state index in [2.05, 4.69) is 10.6 Å². The Kier molecular flexibility index (Phi) is 2.98. The van der Waals surface area contributed by atoms with Gasteiger partial charge >= 0.3 is 0 Å². The van der Waals surface area contributed by atoms with Gasteiger partial charge in [-0.25, -0.2) is 0 Å². The van der Waals surface area contributed by atoms with Gasteiger partial charge in [-0.15, -0.1) is 0 Å². The zero-order valence-corrected chi connectivity index (χ0v) is 10.3. The Morgan fingerprint density at radius 2 is 2.05 bits per heavy atom. The third kappa shape index (κ3) is 2.47. The Bertz CT molecular complexity index is 529. The van der Waals surface area contributed by atoms with Gasteiger partial charge in [-0.1, -0.05) is 0 Å². The van der Waals surface area contributed by atoms with E-state index in [-0.39, 0.29) is 11.8 Å². The van der Waals surface area contributed by atoms with Crippen LogP contribution in [-0.2, 0) is 9.59 Å². The van der Waals surface area contributed by atoms with Crippen molar-refractivity contribution in [2.24, 2.45) is 0 Å². The molecular formula is C13H14N2O4. The molecule has 1 saturated heterocycles. The molecule has 1 aromatic carbocycles. The molecule has 100 valence electrons. The second kappa shape index (κ2) is 4.79. The first kappa shape index (κ1) is 11.8. The third-order valence-corrected chi connectivity index (χ3v) is 3.12. The summed E-state index contributed by atoms with van der Waals surface area (Å²) >= 11 is 0. The number of fused-ring (bicyclic) bond motifs is 1. The van der Waals surface area contributed by atoms with Crippen LogP contribution >= 0.6 is 0 Å². The molecule has 3 rings (SSSR count). The molecule has 2 aliphatic heterocycles. The number of carbonyl (C=O) groups is 2. The van der Waals surface area contributed by atoms with E-state index in [4.69, 9.17) is 9.47 Å². The van der Waals surface area contributed by atoms with Crippen LogP contribution in [0.5, 0.6) is 11.5 Å². The summed E-state index contributed by atoms with van der Waals surface area (Å²) in [5.41, 5.74) is 0.635. The van der Waals surface area contributed by atoms with E-state index < -0.39 is 6.04 Å². The normalized spacial score (nSPS) is 20.8. The van der Waals surface area contributed by atoms with Gasteiger partial charge in [0.2, 0.25) is 11.8 Å². The number of rotatable bonds is 2. The van der Waals surface area contributed by atoms with Gasteiger partial charge in [0, 0.05) is 18.2 Å². The van der Waals surface area contributed by atoms with E-state index in [1.165, 1.54) is 0 Å². The highest BCUT2D eigenvalue weighted by Gasteiger charge is 2.27. The summed E-state index contributed by atoms with van der Waals surface area (Å²) in [5.74, 6) is 1.02. The zero-order valence-electron chi connectivity index (χ0n) is 10.3. The standard InChI is InChI=1S/C13H14N2O4/c16-12-4-2-9(15-12)13(17)14-8-1-3-10-11(7-8)19-6-5-18-10/h1,3,7,9H,2,4-6H2,(H,14,17)(H,15,16). The fourth-order valence-corrected chi connectivity index (χ4v) is 2.16. The Balaban J connectivity index is 1.69. The number of nitrogens with one attached hydrogen (secondary N) is 2. The number of benzene rings is 1. The molecule has 0 spiro atoms. The summed E-state index contributed by atoms with van der Waals surface area (Å²) in [5, 5.41) is 5.39. The van der Waals surface area contributed by atoms with Crippen molar-refractivity contribution in [3.05, 3.63) is 18.2 Å². The fraction of sp³-hybridized carbons (Fsp3) is 0.385. The monoisotopic (exact) mass is 262 g/mol. The highest BCUT2D eigenvalue weighted by Crippen LogP contribution is 2.32. The molecule has 2 aliphatic rings. The maximum absolute atomic E-state index is 11.9. The number of amides is 2. The van der Waals surface area contributed by atoms with Gasteiger partial charge in [-0.2, -0.15) is 0 Å². The second-order valence-corrected chi connectivity index (χ2v) is 4.51. The Morgan fingerprint density at radius 3 is 2.79 bits per heavy atom. The topological polar surface area (TPSA) is 76.7 Å². The van der Waals surface area contributed by atoms with Gasteiger partial charge in [-0.3, -0.25) is 9.59 Å². The van der Waals surface area contributed by atoms with Crippen molar-refractivity contribution >= 4 is 17.5 Å². The first-order valence-electron chi connectivity index (χ1n) is 6.22. The van der Waals surface area contributed by atoms with Crippen LogP contribution < -0.4 is 20.1 Å². The molecule has 0 radical (unpaired) electrons. The summed E-state index contributed by atoms with van der Waals surface area (Å²) in [6.07, 6.45) is 0.939. The summed E-state index contributed by atoms with van der Waals surface area (Å²) in [6.45, 7) is 1.04. The molecule has 2 amide bonds. The Morgan fingerprint density at radius 1 is 1.26 bits per heavy atom. The molecule has 6 nitrogen and oxygen atoms in total. The summed E-state index contributed by atoms with van der Waals surface area (Å²) in [4.78, 5) is 23.0. The molecule has 2 heterocycles. The first-order valence-corrected chi connectivity index (χ1v) is 6.22. The fourth-order valence-electron chi connectivity index (χ4n) is 2.16. The van der Waals surface area contributed by atoms with E-state index in [0.29, 0.717) is 43.2 Å². The zero-order chi connectivity index (χ0) is 13.2. The molecule has 19 heavy (non-hydrogen) atoms. The van der Waals surface area contributed by atoms with Crippen molar-refractivity contribution in [1.82, 2.24) is 5.32 Å². The minimum Gasteiger partial charge on any atom is -0.486 e. The van der Waals surface area contributed by atoms with Crippen LogP contribution in [0.2, 0.25) is 0 Å². The molecular weight excluding hydrogens is 248 g/mol. The van der Waals surface area contributed by atoms with E-state index >= 15 is 0 Å². The Labute approximate surface area is 110 Å². The average Bonchev–Trinajstić information content (AvgIpc) is 2.85.